The van der Waals surface area contributed by atoms with Gasteiger partial charge in [0.15, 0.2) is 0 Å². The fourth-order valence-electron chi connectivity index (χ4n) is 2.01. The Morgan fingerprint density at radius 2 is 2.00 bits per heavy atom. The summed E-state index contributed by atoms with van der Waals surface area (Å²) < 4.78 is 1.05. The first-order valence-corrected chi connectivity index (χ1v) is 6.17. The number of aliphatic hydroxyl groups excluding tert-OH is 1. The second-order valence-corrected chi connectivity index (χ2v) is 4.93. The molecule has 15 heavy (non-hydrogen) atoms. The molecule has 0 fully saturated rings. The van der Waals surface area contributed by atoms with Crippen LogP contribution < -0.4 is 0 Å². The van der Waals surface area contributed by atoms with Gasteiger partial charge in [-0.15, -0.1) is 0 Å². The highest BCUT2D eigenvalue weighted by atomic mass is 79.9. The van der Waals surface area contributed by atoms with Gasteiger partial charge in [0.2, 0.25) is 0 Å². The Morgan fingerprint density at radius 3 is 2.60 bits per heavy atom. The van der Waals surface area contributed by atoms with Gasteiger partial charge in [-0.2, -0.15) is 0 Å². The van der Waals surface area contributed by atoms with Gasteiger partial charge in [-0.25, -0.2) is 0 Å². The van der Waals surface area contributed by atoms with Crippen LogP contribution in [0.2, 0.25) is 0 Å². The molecule has 0 amide bonds. The first-order valence-electron chi connectivity index (χ1n) is 5.37. The smallest absolute Gasteiger partial charge is 0.0852 e. The molecule has 0 aliphatic heterocycles. The van der Waals surface area contributed by atoms with E-state index in [1.807, 2.05) is 24.3 Å². The minimum absolute atomic E-state index is 0.292. The quantitative estimate of drug-likeness (QED) is 0.807. The molecule has 0 spiro atoms. The molecule has 2 atom stereocenters. The summed E-state index contributed by atoms with van der Waals surface area (Å²) in [6.45, 7) is 0. The van der Waals surface area contributed by atoms with E-state index >= 15 is 0 Å². The lowest BCUT2D eigenvalue weighted by Crippen LogP contribution is -2.12. The second kappa shape index (κ2) is 4.95. The largest absolute Gasteiger partial charge is 0.388 e. The number of aliphatic hydroxyl groups is 1. The molecule has 0 unspecified atom stereocenters. The second-order valence-electron chi connectivity index (χ2n) is 4.02. The molecule has 1 aromatic rings. The van der Waals surface area contributed by atoms with Crippen molar-refractivity contribution < 1.29 is 5.11 Å². The van der Waals surface area contributed by atoms with Crippen LogP contribution in [0.5, 0.6) is 0 Å². The minimum Gasteiger partial charge on any atom is -0.388 e. The molecule has 2 rings (SSSR count). The van der Waals surface area contributed by atoms with E-state index in [9.17, 15) is 5.11 Å². The average Bonchev–Trinajstić information content (AvgIpc) is 2.30. The van der Waals surface area contributed by atoms with Crippen molar-refractivity contribution in [3.63, 3.8) is 0 Å². The summed E-state index contributed by atoms with van der Waals surface area (Å²) in [6.07, 6.45) is 7.41. The zero-order valence-corrected chi connectivity index (χ0v) is 10.2. The fourth-order valence-corrected chi connectivity index (χ4v) is 2.27. The lowest BCUT2D eigenvalue weighted by atomic mass is 9.87. The van der Waals surface area contributed by atoms with E-state index in [0.717, 1.165) is 22.9 Å². The van der Waals surface area contributed by atoms with E-state index in [4.69, 9.17) is 0 Å². The van der Waals surface area contributed by atoms with E-state index in [2.05, 4.69) is 28.1 Å². The summed E-state index contributed by atoms with van der Waals surface area (Å²) >= 11 is 3.39. The van der Waals surface area contributed by atoms with Crippen LogP contribution in [0.25, 0.3) is 0 Å². The lowest BCUT2D eigenvalue weighted by Gasteiger charge is -2.22. The zero-order valence-electron chi connectivity index (χ0n) is 8.57. The Kier molecular flexibility index (Phi) is 3.60. The van der Waals surface area contributed by atoms with Crippen molar-refractivity contribution >= 4 is 15.9 Å². The van der Waals surface area contributed by atoms with Crippen molar-refractivity contribution in [1.82, 2.24) is 0 Å². The van der Waals surface area contributed by atoms with Gasteiger partial charge in [0, 0.05) is 10.4 Å². The maximum absolute atomic E-state index is 10.2. The predicted molar refractivity (Wildman–Crippen MR) is 65.6 cm³/mol. The van der Waals surface area contributed by atoms with Crippen molar-refractivity contribution in [1.29, 1.82) is 0 Å². The molecule has 1 N–H and O–H groups in total. The van der Waals surface area contributed by atoms with Crippen LogP contribution in [0.3, 0.4) is 0 Å². The Bertz CT molecular complexity index is 342. The number of benzene rings is 1. The number of rotatable bonds is 2. The number of hydrogen-bond donors (Lipinski definition) is 1. The molecule has 1 aromatic carbocycles. The topological polar surface area (TPSA) is 20.2 Å². The molecule has 0 bridgehead atoms. The molecular formula is C13H15BrO. The third-order valence-electron chi connectivity index (χ3n) is 2.91. The van der Waals surface area contributed by atoms with Crippen molar-refractivity contribution in [3.05, 3.63) is 46.5 Å². The minimum atomic E-state index is -0.352. The van der Waals surface area contributed by atoms with E-state index in [1.54, 1.807) is 0 Å². The number of allylic oxidation sites excluding steroid dienone is 1. The SMILES string of the molecule is O[C@@H](c1ccc(Br)cc1)[C@H]1C=CCCC1. The predicted octanol–water partition coefficient (Wildman–Crippen LogP) is 3.84. The van der Waals surface area contributed by atoms with Crippen LogP contribution >= 0.6 is 15.9 Å². The van der Waals surface area contributed by atoms with Crippen molar-refractivity contribution in [2.45, 2.75) is 25.4 Å². The van der Waals surface area contributed by atoms with Gasteiger partial charge < -0.3 is 5.11 Å². The summed E-state index contributed by atoms with van der Waals surface area (Å²) in [5, 5.41) is 10.2. The molecule has 1 aliphatic rings. The first kappa shape index (κ1) is 10.9. The molecule has 1 aliphatic carbocycles. The third kappa shape index (κ3) is 2.70. The van der Waals surface area contributed by atoms with Crippen LogP contribution in [0, 0.1) is 5.92 Å². The Labute approximate surface area is 99.0 Å². The van der Waals surface area contributed by atoms with Crippen LogP contribution in [-0.2, 0) is 0 Å². The Hall–Kier alpha value is -0.600. The lowest BCUT2D eigenvalue weighted by molar-refractivity contribution is 0.123. The monoisotopic (exact) mass is 266 g/mol. The van der Waals surface area contributed by atoms with Gasteiger partial charge in [-0.1, -0.05) is 40.2 Å². The van der Waals surface area contributed by atoms with E-state index in [1.165, 1.54) is 6.42 Å². The average molecular weight is 267 g/mol. The van der Waals surface area contributed by atoms with Crippen molar-refractivity contribution in [3.8, 4) is 0 Å². The number of halogens is 1. The molecule has 0 heterocycles. The summed E-state index contributed by atoms with van der Waals surface area (Å²) in [4.78, 5) is 0. The maximum Gasteiger partial charge on any atom is 0.0852 e. The molecule has 0 saturated carbocycles. The van der Waals surface area contributed by atoms with Gasteiger partial charge in [0.05, 0.1) is 6.10 Å². The highest BCUT2D eigenvalue weighted by Crippen LogP contribution is 2.30. The molecule has 0 radical (unpaired) electrons. The highest BCUT2D eigenvalue weighted by molar-refractivity contribution is 9.10. The molecule has 1 nitrogen and oxygen atoms in total. The Morgan fingerprint density at radius 1 is 1.27 bits per heavy atom. The van der Waals surface area contributed by atoms with Crippen molar-refractivity contribution in [2.24, 2.45) is 5.92 Å². The highest BCUT2D eigenvalue weighted by Gasteiger charge is 2.19. The van der Waals surface area contributed by atoms with Crippen LogP contribution in [0.15, 0.2) is 40.9 Å². The zero-order chi connectivity index (χ0) is 10.7. The van der Waals surface area contributed by atoms with Gasteiger partial charge >= 0.3 is 0 Å². The standard InChI is InChI=1S/C13H15BrO/c14-12-8-6-11(7-9-12)13(15)10-4-2-1-3-5-10/h2,4,6-10,13,15H,1,3,5H2/t10-,13+/m0/s1. The molecule has 0 aromatic heterocycles. The van der Waals surface area contributed by atoms with Crippen LogP contribution in [0.4, 0.5) is 0 Å². The van der Waals surface area contributed by atoms with Gasteiger partial charge in [0.1, 0.15) is 0 Å². The summed E-state index contributed by atoms with van der Waals surface area (Å²) in [7, 11) is 0. The molecule has 0 saturated heterocycles. The van der Waals surface area contributed by atoms with Gasteiger partial charge in [-0.05, 0) is 37.0 Å². The van der Waals surface area contributed by atoms with Crippen LogP contribution in [0.1, 0.15) is 30.9 Å². The Balaban J connectivity index is 2.12. The summed E-state index contributed by atoms with van der Waals surface area (Å²) in [5.74, 6) is 0.292. The van der Waals surface area contributed by atoms with Gasteiger partial charge in [0.25, 0.3) is 0 Å². The van der Waals surface area contributed by atoms with Gasteiger partial charge in [-0.3, -0.25) is 0 Å². The van der Waals surface area contributed by atoms with E-state index in [-0.39, 0.29) is 6.10 Å². The maximum atomic E-state index is 10.2. The van der Waals surface area contributed by atoms with E-state index in [0.29, 0.717) is 5.92 Å². The normalized spacial score (nSPS) is 22.7. The van der Waals surface area contributed by atoms with E-state index < -0.39 is 0 Å². The first-order chi connectivity index (χ1) is 7.27. The van der Waals surface area contributed by atoms with Crippen LogP contribution in [-0.4, -0.2) is 5.11 Å². The summed E-state index contributed by atoms with van der Waals surface area (Å²) in [5.41, 5.74) is 1.01. The summed E-state index contributed by atoms with van der Waals surface area (Å²) in [6, 6.07) is 7.92. The third-order valence-corrected chi connectivity index (χ3v) is 3.44. The number of hydrogen-bond acceptors (Lipinski definition) is 1. The molecular weight excluding hydrogens is 252 g/mol. The fraction of sp³-hybridized carbons (Fsp3) is 0.385. The molecule has 80 valence electrons. The van der Waals surface area contributed by atoms with Crippen molar-refractivity contribution in [2.75, 3.05) is 0 Å². The molecule has 2 heteroatoms.